The van der Waals surface area contributed by atoms with Gasteiger partial charge in [-0.05, 0) is 25.6 Å². The lowest BCUT2D eigenvalue weighted by molar-refractivity contribution is -0.384. The number of aryl methyl sites for hydroxylation is 1. The number of hydrogen-bond acceptors (Lipinski definition) is 5. The van der Waals surface area contributed by atoms with E-state index in [1.807, 2.05) is 6.92 Å². The van der Waals surface area contributed by atoms with Crippen molar-refractivity contribution in [2.45, 2.75) is 6.92 Å². The van der Waals surface area contributed by atoms with E-state index >= 15 is 0 Å². The number of nitrogens with zero attached hydrogens (tertiary/aromatic N) is 3. The second-order valence-electron chi connectivity index (χ2n) is 5.33. The zero-order chi connectivity index (χ0) is 14.5. The Hall–Kier alpha value is -1.66. The van der Waals surface area contributed by atoms with Gasteiger partial charge in [0, 0.05) is 57.1 Å². The summed E-state index contributed by atoms with van der Waals surface area (Å²) >= 11 is 0. The lowest BCUT2D eigenvalue weighted by Crippen LogP contribution is -2.45. The second-order valence-corrected chi connectivity index (χ2v) is 5.33. The van der Waals surface area contributed by atoms with E-state index in [9.17, 15) is 10.1 Å². The van der Waals surface area contributed by atoms with Gasteiger partial charge < -0.3 is 10.2 Å². The number of benzene rings is 1. The van der Waals surface area contributed by atoms with Gasteiger partial charge in [-0.2, -0.15) is 0 Å². The van der Waals surface area contributed by atoms with E-state index in [2.05, 4.69) is 22.2 Å². The molecule has 1 fully saturated rings. The number of nitro groups is 1. The highest BCUT2D eigenvalue weighted by molar-refractivity contribution is 5.55. The highest BCUT2D eigenvalue weighted by Gasteiger charge is 2.13. The molecule has 110 valence electrons. The molecule has 1 N–H and O–H groups in total. The van der Waals surface area contributed by atoms with Gasteiger partial charge in [0.05, 0.1) is 4.92 Å². The Balaban J connectivity index is 1.81. The molecule has 1 aromatic carbocycles. The van der Waals surface area contributed by atoms with E-state index in [1.165, 1.54) is 0 Å². The van der Waals surface area contributed by atoms with Crippen LogP contribution in [0.1, 0.15) is 5.56 Å². The number of non-ortho nitro benzene ring substituents is 1. The van der Waals surface area contributed by atoms with Crippen molar-refractivity contribution in [2.24, 2.45) is 0 Å². The predicted octanol–water partition coefficient (Wildman–Crippen LogP) is 1.56. The first-order chi connectivity index (χ1) is 9.56. The summed E-state index contributed by atoms with van der Waals surface area (Å²) < 4.78 is 0. The minimum atomic E-state index is -0.360. The number of hydrogen-bond donors (Lipinski definition) is 1. The van der Waals surface area contributed by atoms with Crippen LogP contribution in [0.25, 0.3) is 0 Å². The van der Waals surface area contributed by atoms with Crippen molar-refractivity contribution in [2.75, 3.05) is 51.6 Å². The van der Waals surface area contributed by atoms with Crippen molar-refractivity contribution in [3.63, 3.8) is 0 Å². The van der Waals surface area contributed by atoms with Gasteiger partial charge in [-0.1, -0.05) is 0 Å². The molecule has 2 rings (SSSR count). The van der Waals surface area contributed by atoms with Gasteiger partial charge in [0.15, 0.2) is 0 Å². The maximum atomic E-state index is 10.7. The van der Waals surface area contributed by atoms with Crippen LogP contribution in [0.4, 0.5) is 11.4 Å². The lowest BCUT2D eigenvalue weighted by Gasteiger charge is -2.32. The molecule has 0 aliphatic carbocycles. The average molecular weight is 278 g/mol. The van der Waals surface area contributed by atoms with E-state index in [0.29, 0.717) is 0 Å². The van der Waals surface area contributed by atoms with Crippen LogP contribution in [0.5, 0.6) is 0 Å². The molecule has 0 saturated carbocycles. The van der Waals surface area contributed by atoms with Crippen LogP contribution in [0.2, 0.25) is 0 Å². The molecule has 6 nitrogen and oxygen atoms in total. The number of nitro benzene ring substituents is 1. The fourth-order valence-corrected chi connectivity index (χ4v) is 2.38. The minimum absolute atomic E-state index is 0.145. The maximum Gasteiger partial charge on any atom is 0.269 e. The molecule has 0 atom stereocenters. The Morgan fingerprint density at radius 2 is 2.00 bits per heavy atom. The summed E-state index contributed by atoms with van der Waals surface area (Å²) in [4.78, 5) is 15.1. The monoisotopic (exact) mass is 278 g/mol. The van der Waals surface area contributed by atoms with Crippen LogP contribution in [0.15, 0.2) is 18.2 Å². The topological polar surface area (TPSA) is 61.7 Å². The zero-order valence-corrected chi connectivity index (χ0v) is 12.1. The van der Waals surface area contributed by atoms with E-state index < -0.39 is 0 Å². The molecule has 0 radical (unpaired) electrons. The molecule has 6 heteroatoms. The largest absolute Gasteiger partial charge is 0.384 e. The van der Waals surface area contributed by atoms with Gasteiger partial charge in [0.1, 0.15) is 0 Å². The van der Waals surface area contributed by atoms with Crippen molar-refractivity contribution in [1.82, 2.24) is 9.80 Å². The third-order valence-electron chi connectivity index (χ3n) is 3.76. The van der Waals surface area contributed by atoms with Gasteiger partial charge in [-0.15, -0.1) is 0 Å². The summed E-state index contributed by atoms with van der Waals surface area (Å²) in [5, 5.41) is 14.0. The Morgan fingerprint density at radius 3 is 2.60 bits per heavy atom. The fourth-order valence-electron chi connectivity index (χ4n) is 2.38. The highest BCUT2D eigenvalue weighted by Crippen LogP contribution is 2.20. The van der Waals surface area contributed by atoms with Crippen molar-refractivity contribution < 1.29 is 4.92 Å². The molecular weight excluding hydrogens is 256 g/mol. The van der Waals surface area contributed by atoms with E-state index in [4.69, 9.17) is 0 Å². The van der Waals surface area contributed by atoms with Crippen LogP contribution in [0.3, 0.4) is 0 Å². The molecular formula is C14H22N4O2. The molecule has 1 aliphatic heterocycles. The number of likely N-dealkylation sites (N-methyl/N-ethyl adjacent to an activating group) is 1. The maximum absolute atomic E-state index is 10.7. The standard InChI is InChI=1S/C14H22N4O2/c1-12-11-13(18(19)20)3-4-14(12)15-5-6-17-9-7-16(2)8-10-17/h3-4,11,15H,5-10H2,1-2H3. The van der Waals surface area contributed by atoms with Crippen LogP contribution in [-0.4, -0.2) is 61.0 Å². The van der Waals surface area contributed by atoms with Crippen LogP contribution in [0, 0.1) is 17.0 Å². The quantitative estimate of drug-likeness (QED) is 0.654. The SMILES string of the molecule is Cc1cc([N+](=O)[O-])ccc1NCCN1CCN(C)CC1. The third kappa shape index (κ3) is 3.91. The first-order valence-electron chi connectivity index (χ1n) is 6.96. The van der Waals surface area contributed by atoms with Gasteiger partial charge in [-0.25, -0.2) is 0 Å². The minimum Gasteiger partial charge on any atom is -0.384 e. The molecule has 0 bridgehead atoms. The second kappa shape index (κ2) is 6.67. The summed E-state index contributed by atoms with van der Waals surface area (Å²) in [6, 6.07) is 4.95. The van der Waals surface area contributed by atoms with Crippen molar-refractivity contribution in [3.05, 3.63) is 33.9 Å². The average Bonchev–Trinajstić information content (AvgIpc) is 2.42. The Bertz CT molecular complexity index is 470. The first-order valence-corrected chi connectivity index (χ1v) is 6.96. The van der Waals surface area contributed by atoms with Gasteiger partial charge in [-0.3, -0.25) is 15.0 Å². The van der Waals surface area contributed by atoms with E-state index in [1.54, 1.807) is 18.2 Å². The summed E-state index contributed by atoms with van der Waals surface area (Å²) in [6.45, 7) is 8.22. The van der Waals surface area contributed by atoms with Crippen molar-refractivity contribution >= 4 is 11.4 Å². The van der Waals surface area contributed by atoms with Crippen LogP contribution in [-0.2, 0) is 0 Å². The molecule has 20 heavy (non-hydrogen) atoms. The summed E-state index contributed by atoms with van der Waals surface area (Å²) in [5.41, 5.74) is 2.04. The first kappa shape index (κ1) is 14.7. The molecule has 1 aromatic rings. The third-order valence-corrected chi connectivity index (χ3v) is 3.76. The molecule has 1 aliphatic rings. The Labute approximate surface area is 119 Å². The molecule has 1 saturated heterocycles. The zero-order valence-electron chi connectivity index (χ0n) is 12.1. The van der Waals surface area contributed by atoms with Crippen LogP contribution >= 0.6 is 0 Å². The summed E-state index contributed by atoms with van der Waals surface area (Å²) in [6.07, 6.45) is 0. The van der Waals surface area contributed by atoms with Gasteiger partial charge in [0.2, 0.25) is 0 Å². The number of rotatable bonds is 5. The fraction of sp³-hybridized carbons (Fsp3) is 0.571. The lowest BCUT2D eigenvalue weighted by atomic mass is 10.2. The molecule has 0 spiro atoms. The normalized spacial score (nSPS) is 17.1. The Morgan fingerprint density at radius 1 is 1.30 bits per heavy atom. The highest BCUT2D eigenvalue weighted by atomic mass is 16.6. The number of nitrogens with one attached hydrogen (secondary N) is 1. The molecule has 0 unspecified atom stereocenters. The van der Waals surface area contributed by atoms with E-state index in [0.717, 1.165) is 50.5 Å². The Kier molecular flexibility index (Phi) is 4.92. The van der Waals surface area contributed by atoms with Crippen molar-refractivity contribution in [1.29, 1.82) is 0 Å². The molecule has 1 heterocycles. The summed E-state index contributed by atoms with van der Waals surface area (Å²) in [7, 11) is 2.15. The van der Waals surface area contributed by atoms with Gasteiger partial charge >= 0.3 is 0 Å². The van der Waals surface area contributed by atoms with Crippen LogP contribution < -0.4 is 5.32 Å². The molecule has 0 amide bonds. The van der Waals surface area contributed by atoms with Crippen molar-refractivity contribution in [3.8, 4) is 0 Å². The van der Waals surface area contributed by atoms with E-state index in [-0.39, 0.29) is 10.6 Å². The molecule has 0 aromatic heterocycles. The van der Waals surface area contributed by atoms with Gasteiger partial charge in [0.25, 0.3) is 5.69 Å². The smallest absolute Gasteiger partial charge is 0.269 e. The predicted molar refractivity (Wildman–Crippen MR) is 80.3 cm³/mol. The number of piperazine rings is 1. The summed E-state index contributed by atoms with van der Waals surface area (Å²) in [5.74, 6) is 0. The number of anilines is 1.